The van der Waals surface area contributed by atoms with Gasteiger partial charge in [0.05, 0.1) is 17.3 Å². The highest BCUT2D eigenvalue weighted by atomic mass is 16.5. The molecular weight excluding hydrogens is 256 g/mol. The van der Waals surface area contributed by atoms with E-state index in [0.29, 0.717) is 18.9 Å². The molecule has 0 spiro atoms. The van der Waals surface area contributed by atoms with Gasteiger partial charge in [0.15, 0.2) is 0 Å². The molecule has 2 heterocycles. The molecule has 0 radical (unpaired) electrons. The first-order valence-electron chi connectivity index (χ1n) is 7.74. The van der Waals surface area contributed by atoms with Gasteiger partial charge in [0.25, 0.3) is 0 Å². The lowest BCUT2D eigenvalue weighted by atomic mass is 9.62. The van der Waals surface area contributed by atoms with Gasteiger partial charge in [-0.05, 0) is 59.3 Å². The summed E-state index contributed by atoms with van der Waals surface area (Å²) < 4.78 is 12.1. The van der Waals surface area contributed by atoms with Crippen molar-refractivity contribution in [3.05, 3.63) is 0 Å². The summed E-state index contributed by atoms with van der Waals surface area (Å²) in [4.78, 5) is 12.2. The van der Waals surface area contributed by atoms with E-state index in [1.54, 1.807) is 0 Å². The molecule has 0 aromatic heterocycles. The normalized spacial score (nSPS) is 42.8. The van der Waals surface area contributed by atoms with E-state index >= 15 is 0 Å². The smallest absolute Gasteiger partial charge is 0.312 e. The number of aliphatic carboxylic acids is 1. The second-order valence-corrected chi connectivity index (χ2v) is 7.95. The lowest BCUT2D eigenvalue weighted by Crippen LogP contribution is -2.52. The van der Waals surface area contributed by atoms with Crippen molar-refractivity contribution in [2.45, 2.75) is 70.7 Å². The van der Waals surface area contributed by atoms with Crippen LogP contribution in [0.5, 0.6) is 0 Å². The van der Waals surface area contributed by atoms with Gasteiger partial charge in [-0.25, -0.2) is 0 Å². The van der Waals surface area contributed by atoms with E-state index in [1.807, 2.05) is 13.8 Å². The Kier molecular flexibility index (Phi) is 3.01. The van der Waals surface area contributed by atoms with Crippen LogP contribution in [0.3, 0.4) is 0 Å². The van der Waals surface area contributed by atoms with Gasteiger partial charge in [0, 0.05) is 12.5 Å². The van der Waals surface area contributed by atoms with Gasteiger partial charge in [0.1, 0.15) is 5.41 Å². The van der Waals surface area contributed by atoms with E-state index in [9.17, 15) is 9.90 Å². The third kappa shape index (κ3) is 2.00. The summed E-state index contributed by atoms with van der Waals surface area (Å²) in [5.74, 6) is -0.241. The summed E-state index contributed by atoms with van der Waals surface area (Å²) in [5.41, 5.74) is -1.44. The Morgan fingerprint density at radius 1 is 1.20 bits per heavy atom. The van der Waals surface area contributed by atoms with Crippen molar-refractivity contribution in [1.29, 1.82) is 0 Å². The molecule has 1 saturated carbocycles. The summed E-state index contributed by atoms with van der Waals surface area (Å²) >= 11 is 0. The molecule has 2 saturated heterocycles. The van der Waals surface area contributed by atoms with Crippen LogP contribution in [0.2, 0.25) is 0 Å². The second-order valence-electron chi connectivity index (χ2n) is 7.95. The van der Waals surface area contributed by atoms with Crippen LogP contribution < -0.4 is 0 Å². The summed E-state index contributed by atoms with van der Waals surface area (Å²) in [7, 11) is 0. The molecular formula is C16H26O4. The molecule has 0 aromatic rings. The average molecular weight is 282 g/mol. The van der Waals surface area contributed by atoms with Crippen LogP contribution in [0.4, 0.5) is 0 Å². The lowest BCUT2D eigenvalue weighted by molar-refractivity contribution is -0.165. The minimum absolute atomic E-state index is 0.00981. The maximum atomic E-state index is 12.2. The number of hydrogen-bond donors (Lipinski definition) is 1. The molecule has 0 amide bonds. The first kappa shape index (κ1) is 14.3. The molecule has 20 heavy (non-hydrogen) atoms. The fraction of sp³-hybridized carbons (Fsp3) is 0.938. The Bertz CT molecular complexity index is 424. The van der Waals surface area contributed by atoms with Crippen LogP contribution in [0, 0.1) is 17.3 Å². The van der Waals surface area contributed by atoms with Crippen LogP contribution in [0.1, 0.15) is 53.4 Å². The highest BCUT2D eigenvalue weighted by Crippen LogP contribution is 2.59. The number of ether oxygens (including phenoxy) is 2. The fourth-order valence-electron chi connectivity index (χ4n) is 4.72. The standard InChI is InChI=1S/C16H26O4/c1-14(2)9-11(15(3,4)20-14)16(13(17)18)7-8-19-12(16)10-5-6-10/h10-12H,5-9H2,1-4H3,(H,17,18). The maximum Gasteiger partial charge on any atom is 0.312 e. The Hall–Kier alpha value is -0.610. The number of hydrogen-bond acceptors (Lipinski definition) is 3. The number of carboxylic acids is 1. The largest absolute Gasteiger partial charge is 0.481 e. The van der Waals surface area contributed by atoms with Gasteiger partial charge in [-0.1, -0.05) is 0 Å². The molecule has 114 valence electrons. The van der Waals surface area contributed by atoms with Gasteiger partial charge in [-0.15, -0.1) is 0 Å². The monoisotopic (exact) mass is 282 g/mol. The Balaban J connectivity index is 2.00. The van der Waals surface area contributed by atoms with E-state index in [1.165, 1.54) is 0 Å². The fourth-order valence-corrected chi connectivity index (χ4v) is 4.72. The first-order chi connectivity index (χ1) is 9.19. The van der Waals surface area contributed by atoms with Gasteiger partial charge in [0.2, 0.25) is 0 Å². The average Bonchev–Trinajstić information content (AvgIpc) is 2.98. The molecule has 0 bridgehead atoms. The zero-order chi connectivity index (χ0) is 14.8. The maximum absolute atomic E-state index is 12.2. The molecule has 1 N–H and O–H groups in total. The van der Waals surface area contributed by atoms with Crippen molar-refractivity contribution in [2.75, 3.05) is 6.61 Å². The zero-order valence-corrected chi connectivity index (χ0v) is 12.9. The van der Waals surface area contributed by atoms with E-state index in [4.69, 9.17) is 9.47 Å². The van der Waals surface area contributed by atoms with Crippen LogP contribution in [0.15, 0.2) is 0 Å². The molecule has 3 rings (SSSR count). The second kappa shape index (κ2) is 4.20. The van der Waals surface area contributed by atoms with E-state index in [2.05, 4.69) is 13.8 Å². The Labute approximate surface area is 120 Å². The predicted octanol–water partition coefficient (Wildman–Crippen LogP) is 2.85. The molecule has 3 atom stereocenters. The van der Waals surface area contributed by atoms with Crippen LogP contribution >= 0.6 is 0 Å². The van der Waals surface area contributed by atoms with Crippen LogP contribution in [-0.2, 0) is 14.3 Å². The van der Waals surface area contributed by atoms with Crippen molar-refractivity contribution >= 4 is 5.97 Å². The van der Waals surface area contributed by atoms with E-state index in [-0.39, 0.29) is 17.6 Å². The third-order valence-electron chi connectivity index (χ3n) is 5.47. The van der Waals surface area contributed by atoms with E-state index in [0.717, 1.165) is 19.3 Å². The van der Waals surface area contributed by atoms with Crippen molar-refractivity contribution in [3.8, 4) is 0 Å². The highest BCUT2D eigenvalue weighted by molar-refractivity contribution is 5.77. The summed E-state index contributed by atoms with van der Waals surface area (Å²) in [5, 5.41) is 10.0. The Morgan fingerprint density at radius 3 is 2.30 bits per heavy atom. The van der Waals surface area contributed by atoms with Crippen molar-refractivity contribution in [2.24, 2.45) is 17.3 Å². The zero-order valence-electron chi connectivity index (χ0n) is 12.9. The molecule has 0 aromatic carbocycles. The summed E-state index contributed by atoms with van der Waals surface area (Å²) in [6.45, 7) is 8.78. The molecule has 1 aliphatic carbocycles. The van der Waals surface area contributed by atoms with Crippen molar-refractivity contribution in [3.63, 3.8) is 0 Å². The molecule has 4 heteroatoms. The van der Waals surface area contributed by atoms with Crippen molar-refractivity contribution in [1.82, 2.24) is 0 Å². The summed E-state index contributed by atoms with van der Waals surface area (Å²) in [6, 6.07) is 0. The topological polar surface area (TPSA) is 55.8 Å². The van der Waals surface area contributed by atoms with Gasteiger partial charge in [-0.3, -0.25) is 4.79 Å². The number of carbonyl (C=O) groups is 1. The van der Waals surface area contributed by atoms with Gasteiger partial charge in [-0.2, -0.15) is 0 Å². The van der Waals surface area contributed by atoms with Crippen LogP contribution in [0.25, 0.3) is 0 Å². The number of rotatable bonds is 3. The predicted molar refractivity (Wildman–Crippen MR) is 74.5 cm³/mol. The lowest BCUT2D eigenvalue weighted by Gasteiger charge is -2.41. The highest BCUT2D eigenvalue weighted by Gasteiger charge is 2.66. The van der Waals surface area contributed by atoms with Gasteiger partial charge < -0.3 is 14.6 Å². The Morgan fingerprint density at radius 2 is 1.85 bits per heavy atom. The first-order valence-corrected chi connectivity index (χ1v) is 7.74. The molecule has 4 nitrogen and oxygen atoms in total. The third-order valence-corrected chi connectivity index (χ3v) is 5.47. The van der Waals surface area contributed by atoms with E-state index < -0.39 is 17.0 Å². The minimum atomic E-state index is -0.765. The SMILES string of the molecule is CC1(C)CC(C2(C(=O)O)CCOC2C2CC2)C(C)(C)O1. The number of carboxylic acid groups (broad SMARTS) is 1. The van der Waals surface area contributed by atoms with Crippen molar-refractivity contribution < 1.29 is 19.4 Å². The quantitative estimate of drug-likeness (QED) is 0.865. The van der Waals surface area contributed by atoms with Crippen LogP contribution in [-0.4, -0.2) is 35.0 Å². The molecule has 3 aliphatic rings. The molecule has 2 aliphatic heterocycles. The molecule has 3 fully saturated rings. The minimum Gasteiger partial charge on any atom is -0.481 e. The molecule has 3 unspecified atom stereocenters. The van der Waals surface area contributed by atoms with Gasteiger partial charge >= 0.3 is 5.97 Å². The summed E-state index contributed by atoms with van der Waals surface area (Å²) in [6.07, 6.45) is 3.51.